The Morgan fingerprint density at radius 1 is 1.59 bits per heavy atom. The summed E-state index contributed by atoms with van der Waals surface area (Å²) >= 11 is 0. The standard InChI is InChI=1S/C12H17FN2O2/c1-3-12(2,7-14)15-11(17)9-6-8(13)4-5-10(9)16/h4-6,16H,3,7,14H2,1-2H3,(H,15,17). The van der Waals surface area contributed by atoms with Crippen LogP contribution in [-0.2, 0) is 0 Å². The van der Waals surface area contributed by atoms with Gasteiger partial charge in [0.25, 0.3) is 5.91 Å². The minimum atomic E-state index is -0.570. The lowest BCUT2D eigenvalue weighted by Gasteiger charge is -2.28. The Hall–Kier alpha value is -1.62. The zero-order valence-corrected chi connectivity index (χ0v) is 9.96. The van der Waals surface area contributed by atoms with E-state index in [2.05, 4.69) is 5.32 Å². The van der Waals surface area contributed by atoms with Gasteiger partial charge in [-0.3, -0.25) is 4.79 Å². The summed E-state index contributed by atoms with van der Waals surface area (Å²) in [5, 5.41) is 12.2. The first kappa shape index (κ1) is 13.4. The van der Waals surface area contributed by atoms with Crippen molar-refractivity contribution in [2.75, 3.05) is 6.54 Å². The van der Waals surface area contributed by atoms with Crippen molar-refractivity contribution in [2.45, 2.75) is 25.8 Å². The van der Waals surface area contributed by atoms with Crippen LogP contribution in [0.15, 0.2) is 18.2 Å². The molecule has 0 aliphatic carbocycles. The average Bonchev–Trinajstić information content (AvgIpc) is 2.32. The van der Waals surface area contributed by atoms with E-state index in [1.807, 2.05) is 6.92 Å². The third-order valence-corrected chi connectivity index (χ3v) is 2.85. The quantitative estimate of drug-likeness (QED) is 0.744. The largest absolute Gasteiger partial charge is 0.507 e. The molecule has 1 aromatic rings. The zero-order valence-electron chi connectivity index (χ0n) is 9.96. The minimum absolute atomic E-state index is 0.0851. The molecule has 5 heteroatoms. The van der Waals surface area contributed by atoms with Gasteiger partial charge in [0.1, 0.15) is 11.6 Å². The summed E-state index contributed by atoms with van der Waals surface area (Å²) in [7, 11) is 0. The molecule has 17 heavy (non-hydrogen) atoms. The second-order valence-corrected chi connectivity index (χ2v) is 4.23. The van der Waals surface area contributed by atoms with Crippen LogP contribution in [0.25, 0.3) is 0 Å². The molecule has 0 spiro atoms. The summed E-state index contributed by atoms with van der Waals surface area (Å²) in [6.45, 7) is 3.95. The molecule has 0 saturated heterocycles. The molecule has 1 aromatic carbocycles. The van der Waals surface area contributed by atoms with Crippen LogP contribution in [0.2, 0.25) is 0 Å². The Bertz CT molecular complexity index is 417. The second kappa shape index (κ2) is 5.14. The zero-order chi connectivity index (χ0) is 13.1. The Kier molecular flexibility index (Phi) is 4.07. The van der Waals surface area contributed by atoms with E-state index < -0.39 is 17.3 Å². The summed E-state index contributed by atoms with van der Waals surface area (Å²) in [5.74, 6) is -1.35. The molecule has 0 fully saturated rings. The third-order valence-electron chi connectivity index (χ3n) is 2.85. The molecular formula is C12H17FN2O2. The molecule has 0 aliphatic rings. The lowest BCUT2D eigenvalue weighted by Crippen LogP contribution is -2.50. The molecule has 0 radical (unpaired) electrons. The van der Waals surface area contributed by atoms with Crippen LogP contribution in [0.4, 0.5) is 4.39 Å². The van der Waals surface area contributed by atoms with E-state index in [1.165, 1.54) is 0 Å². The maximum atomic E-state index is 13.0. The number of amides is 1. The average molecular weight is 240 g/mol. The van der Waals surface area contributed by atoms with Crippen molar-refractivity contribution in [1.29, 1.82) is 0 Å². The van der Waals surface area contributed by atoms with Gasteiger partial charge in [-0.2, -0.15) is 0 Å². The molecule has 94 valence electrons. The fraction of sp³-hybridized carbons (Fsp3) is 0.417. The molecular weight excluding hydrogens is 223 g/mol. The monoisotopic (exact) mass is 240 g/mol. The van der Waals surface area contributed by atoms with Crippen LogP contribution in [-0.4, -0.2) is 23.1 Å². The number of phenols is 1. The fourth-order valence-electron chi connectivity index (χ4n) is 1.32. The second-order valence-electron chi connectivity index (χ2n) is 4.23. The van der Waals surface area contributed by atoms with Crippen LogP contribution >= 0.6 is 0 Å². The summed E-state index contributed by atoms with van der Waals surface area (Å²) < 4.78 is 13.0. The van der Waals surface area contributed by atoms with E-state index in [-0.39, 0.29) is 17.9 Å². The highest BCUT2D eigenvalue weighted by Crippen LogP contribution is 2.19. The maximum Gasteiger partial charge on any atom is 0.255 e. The van der Waals surface area contributed by atoms with Gasteiger partial charge in [-0.1, -0.05) is 6.92 Å². The molecule has 0 heterocycles. The Balaban J connectivity index is 2.94. The molecule has 1 atom stereocenters. The number of rotatable bonds is 4. The molecule has 0 aromatic heterocycles. The molecule has 0 saturated carbocycles. The molecule has 4 N–H and O–H groups in total. The van der Waals surface area contributed by atoms with Crippen LogP contribution < -0.4 is 11.1 Å². The number of phenolic OH excluding ortho intramolecular Hbond substituents is 1. The molecule has 1 amide bonds. The first-order valence-electron chi connectivity index (χ1n) is 5.43. The summed E-state index contributed by atoms with van der Waals surface area (Å²) in [5.41, 5.74) is 4.92. The smallest absolute Gasteiger partial charge is 0.255 e. The Labute approximate surface area is 99.6 Å². The van der Waals surface area contributed by atoms with Crippen LogP contribution in [0.5, 0.6) is 5.75 Å². The third kappa shape index (κ3) is 3.17. The Morgan fingerprint density at radius 3 is 2.76 bits per heavy atom. The number of nitrogens with one attached hydrogen (secondary N) is 1. The lowest BCUT2D eigenvalue weighted by molar-refractivity contribution is 0.0903. The van der Waals surface area contributed by atoms with Crippen LogP contribution in [0.3, 0.4) is 0 Å². The van der Waals surface area contributed by atoms with Crippen molar-refractivity contribution in [3.8, 4) is 5.75 Å². The number of hydrogen-bond acceptors (Lipinski definition) is 3. The number of aromatic hydroxyl groups is 1. The van der Waals surface area contributed by atoms with Crippen LogP contribution in [0.1, 0.15) is 30.6 Å². The van der Waals surface area contributed by atoms with Gasteiger partial charge in [0.15, 0.2) is 0 Å². The van der Waals surface area contributed by atoms with E-state index in [1.54, 1.807) is 6.92 Å². The molecule has 0 bridgehead atoms. The lowest BCUT2D eigenvalue weighted by atomic mass is 9.98. The van der Waals surface area contributed by atoms with E-state index >= 15 is 0 Å². The van der Waals surface area contributed by atoms with Gasteiger partial charge in [-0.05, 0) is 31.5 Å². The van der Waals surface area contributed by atoms with Gasteiger partial charge in [0.05, 0.1) is 5.56 Å². The first-order chi connectivity index (χ1) is 7.91. The molecule has 4 nitrogen and oxygen atoms in total. The van der Waals surface area contributed by atoms with E-state index in [9.17, 15) is 14.3 Å². The van der Waals surface area contributed by atoms with Gasteiger partial charge in [0, 0.05) is 12.1 Å². The summed E-state index contributed by atoms with van der Waals surface area (Å²) in [4.78, 5) is 11.9. The van der Waals surface area contributed by atoms with Crippen molar-refractivity contribution >= 4 is 5.91 Å². The number of hydrogen-bond donors (Lipinski definition) is 3. The molecule has 1 unspecified atom stereocenters. The number of carbonyl (C=O) groups is 1. The predicted molar refractivity (Wildman–Crippen MR) is 63.3 cm³/mol. The highest BCUT2D eigenvalue weighted by Gasteiger charge is 2.24. The number of nitrogens with two attached hydrogens (primary N) is 1. The van der Waals surface area contributed by atoms with Gasteiger partial charge >= 0.3 is 0 Å². The highest BCUT2D eigenvalue weighted by molar-refractivity contribution is 5.97. The highest BCUT2D eigenvalue weighted by atomic mass is 19.1. The maximum absolute atomic E-state index is 13.0. The van der Waals surface area contributed by atoms with E-state index in [0.29, 0.717) is 6.42 Å². The van der Waals surface area contributed by atoms with Crippen molar-refractivity contribution in [1.82, 2.24) is 5.32 Å². The topological polar surface area (TPSA) is 75.3 Å². The Morgan fingerprint density at radius 2 is 2.24 bits per heavy atom. The summed E-state index contributed by atoms with van der Waals surface area (Å²) in [6.07, 6.45) is 0.644. The first-order valence-corrected chi connectivity index (χ1v) is 5.43. The normalized spacial score (nSPS) is 14.1. The van der Waals surface area contributed by atoms with Crippen molar-refractivity contribution in [3.05, 3.63) is 29.6 Å². The number of halogens is 1. The molecule has 0 aliphatic heterocycles. The molecule has 1 rings (SSSR count). The number of carbonyl (C=O) groups excluding carboxylic acids is 1. The van der Waals surface area contributed by atoms with Crippen molar-refractivity contribution < 1.29 is 14.3 Å². The van der Waals surface area contributed by atoms with Gasteiger partial charge in [0.2, 0.25) is 0 Å². The van der Waals surface area contributed by atoms with Crippen molar-refractivity contribution in [2.24, 2.45) is 5.73 Å². The van der Waals surface area contributed by atoms with E-state index in [4.69, 9.17) is 5.73 Å². The fourth-order valence-corrected chi connectivity index (χ4v) is 1.32. The SMILES string of the molecule is CCC(C)(CN)NC(=O)c1cc(F)ccc1O. The van der Waals surface area contributed by atoms with Crippen LogP contribution in [0, 0.1) is 5.82 Å². The van der Waals surface area contributed by atoms with Gasteiger partial charge < -0.3 is 16.2 Å². The summed E-state index contributed by atoms with van der Waals surface area (Å²) in [6, 6.07) is 3.24. The van der Waals surface area contributed by atoms with Gasteiger partial charge in [-0.15, -0.1) is 0 Å². The van der Waals surface area contributed by atoms with E-state index in [0.717, 1.165) is 18.2 Å². The predicted octanol–water partition coefficient (Wildman–Crippen LogP) is 1.39. The van der Waals surface area contributed by atoms with Crippen molar-refractivity contribution in [3.63, 3.8) is 0 Å². The minimum Gasteiger partial charge on any atom is -0.507 e. The van der Waals surface area contributed by atoms with Gasteiger partial charge in [-0.25, -0.2) is 4.39 Å². The number of benzene rings is 1.